The van der Waals surface area contributed by atoms with E-state index in [1.54, 1.807) is 11.3 Å². The largest absolute Gasteiger partial charge is 0.349 e. The van der Waals surface area contributed by atoms with Gasteiger partial charge in [0.25, 0.3) is 0 Å². The van der Waals surface area contributed by atoms with Crippen LogP contribution < -0.4 is 11.2 Å². The molecule has 0 aliphatic heterocycles. The van der Waals surface area contributed by atoms with Gasteiger partial charge in [-0.2, -0.15) is 0 Å². The van der Waals surface area contributed by atoms with Gasteiger partial charge in [-0.1, -0.05) is 48.2 Å². The van der Waals surface area contributed by atoms with Gasteiger partial charge in [0, 0.05) is 0 Å². The van der Waals surface area contributed by atoms with Crippen LogP contribution in [0.25, 0.3) is 10.7 Å². The fraction of sp³-hybridized carbons (Fsp3) is 0.188. The van der Waals surface area contributed by atoms with Gasteiger partial charge in [0.05, 0.1) is 16.7 Å². The van der Waals surface area contributed by atoms with Crippen LogP contribution >= 0.6 is 23.1 Å². The highest BCUT2D eigenvalue weighted by atomic mass is 32.2. The average molecular weight is 359 g/mol. The predicted octanol–water partition coefficient (Wildman–Crippen LogP) is 2.69. The summed E-state index contributed by atoms with van der Waals surface area (Å²) < 4.78 is 1.42. The number of benzene rings is 1. The molecule has 2 aromatic heterocycles. The lowest BCUT2D eigenvalue weighted by Gasteiger charge is -2.13. The van der Waals surface area contributed by atoms with E-state index in [0.717, 1.165) is 10.4 Å². The van der Waals surface area contributed by atoms with Crippen LogP contribution in [0.15, 0.2) is 53.0 Å². The van der Waals surface area contributed by atoms with Crippen molar-refractivity contribution in [3.63, 3.8) is 0 Å². The lowest BCUT2D eigenvalue weighted by atomic mass is 10.1. The number of aromatic nitrogens is 3. The molecule has 3 N–H and O–H groups in total. The third kappa shape index (κ3) is 3.77. The molecule has 0 spiro atoms. The zero-order valence-electron chi connectivity index (χ0n) is 13.0. The Balaban J connectivity index is 1.57. The second-order valence-corrected chi connectivity index (χ2v) is 7.03. The molecule has 1 atom stereocenters. The minimum Gasteiger partial charge on any atom is -0.349 e. The molecule has 24 heavy (non-hydrogen) atoms. The Labute approximate surface area is 148 Å². The first kappa shape index (κ1) is 16.5. The van der Waals surface area contributed by atoms with Crippen molar-refractivity contribution in [1.82, 2.24) is 20.2 Å². The molecule has 0 saturated carbocycles. The third-order valence-corrected chi connectivity index (χ3v) is 5.22. The molecule has 6 nitrogen and oxygen atoms in total. The van der Waals surface area contributed by atoms with Crippen molar-refractivity contribution in [2.24, 2.45) is 0 Å². The summed E-state index contributed by atoms with van der Waals surface area (Å²) in [4.78, 5) is 13.1. The third-order valence-electron chi connectivity index (χ3n) is 3.42. The number of nitrogens with two attached hydrogens (primary N) is 1. The van der Waals surface area contributed by atoms with E-state index in [1.165, 1.54) is 16.4 Å². The van der Waals surface area contributed by atoms with Gasteiger partial charge in [0.1, 0.15) is 0 Å². The van der Waals surface area contributed by atoms with E-state index >= 15 is 0 Å². The highest BCUT2D eigenvalue weighted by molar-refractivity contribution is 7.99. The van der Waals surface area contributed by atoms with Crippen molar-refractivity contribution >= 4 is 29.0 Å². The lowest BCUT2D eigenvalue weighted by Crippen LogP contribution is -2.28. The predicted molar refractivity (Wildman–Crippen MR) is 97.2 cm³/mol. The van der Waals surface area contributed by atoms with Crippen LogP contribution in [0.4, 0.5) is 0 Å². The van der Waals surface area contributed by atoms with Crippen LogP contribution in [-0.2, 0) is 4.79 Å². The molecule has 1 aromatic carbocycles. The number of carbonyl (C=O) groups excluding carboxylic acids is 1. The minimum absolute atomic E-state index is 0.0447. The number of nitrogens with zero attached hydrogens (tertiary/aromatic N) is 3. The Morgan fingerprint density at radius 1 is 1.29 bits per heavy atom. The molecule has 1 unspecified atom stereocenters. The molecule has 0 aliphatic carbocycles. The molecule has 3 rings (SSSR count). The van der Waals surface area contributed by atoms with Gasteiger partial charge in [0.2, 0.25) is 11.1 Å². The van der Waals surface area contributed by atoms with Crippen molar-refractivity contribution in [3.8, 4) is 10.7 Å². The number of carbonyl (C=O) groups is 1. The van der Waals surface area contributed by atoms with Crippen molar-refractivity contribution in [2.45, 2.75) is 18.1 Å². The van der Waals surface area contributed by atoms with E-state index in [2.05, 4.69) is 15.5 Å². The van der Waals surface area contributed by atoms with E-state index in [9.17, 15) is 4.79 Å². The Morgan fingerprint density at radius 3 is 2.79 bits per heavy atom. The molecule has 8 heteroatoms. The lowest BCUT2D eigenvalue weighted by molar-refractivity contribution is -0.119. The van der Waals surface area contributed by atoms with Crippen molar-refractivity contribution < 1.29 is 4.79 Å². The molecule has 2 heterocycles. The fourth-order valence-electron chi connectivity index (χ4n) is 2.19. The Morgan fingerprint density at radius 2 is 2.08 bits per heavy atom. The molecule has 0 aliphatic rings. The first-order valence-electron chi connectivity index (χ1n) is 7.36. The molecule has 1 amide bonds. The summed E-state index contributed by atoms with van der Waals surface area (Å²) in [6.07, 6.45) is 0. The van der Waals surface area contributed by atoms with Gasteiger partial charge < -0.3 is 11.2 Å². The van der Waals surface area contributed by atoms with Crippen molar-refractivity contribution in [1.29, 1.82) is 0 Å². The monoisotopic (exact) mass is 359 g/mol. The van der Waals surface area contributed by atoms with E-state index in [0.29, 0.717) is 11.0 Å². The van der Waals surface area contributed by atoms with Crippen LogP contribution in [0, 0.1) is 0 Å². The summed E-state index contributed by atoms with van der Waals surface area (Å²) in [6.45, 7) is 1.96. The second kappa shape index (κ2) is 7.50. The van der Waals surface area contributed by atoms with Crippen molar-refractivity contribution in [3.05, 3.63) is 53.4 Å². The van der Waals surface area contributed by atoms with Gasteiger partial charge in [-0.05, 0) is 23.9 Å². The van der Waals surface area contributed by atoms with Gasteiger partial charge in [-0.25, -0.2) is 4.68 Å². The number of thiophene rings is 1. The maximum atomic E-state index is 12.1. The summed E-state index contributed by atoms with van der Waals surface area (Å²) >= 11 is 2.81. The number of hydrogen-bond acceptors (Lipinski definition) is 6. The molecule has 0 fully saturated rings. The van der Waals surface area contributed by atoms with E-state index in [1.807, 2.05) is 54.8 Å². The zero-order chi connectivity index (χ0) is 16.9. The Kier molecular flexibility index (Phi) is 5.17. The smallest absolute Gasteiger partial charge is 0.230 e. The Bertz CT molecular complexity index is 801. The van der Waals surface area contributed by atoms with Crippen LogP contribution in [0.3, 0.4) is 0 Å². The molecule has 0 bridgehead atoms. The molecule has 124 valence electrons. The average Bonchev–Trinajstić information content (AvgIpc) is 3.23. The fourth-order valence-corrected chi connectivity index (χ4v) is 3.56. The second-order valence-electron chi connectivity index (χ2n) is 5.14. The normalized spacial score (nSPS) is 12.0. The summed E-state index contributed by atoms with van der Waals surface area (Å²) in [5.41, 5.74) is 1.07. The first-order valence-corrected chi connectivity index (χ1v) is 9.23. The maximum Gasteiger partial charge on any atom is 0.230 e. The number of thioether (sulfide) groups is 1. The van der Waals surface area contributed by atoms with Crippen LogP contribution in [0.1, 0.15) is 18.5 Å². The Hall–Kier alpha value is -2.32. The molecule has 3 aromatic rings. The minimum atomic E-state index is -0.0722. The highest BCUT2D eigenvalue weighted by Crippen LogP contribution is 2.25. The van der Waals surface area contributed by atoms with Crippen LogP contribution in [0.5, 0.6) is 0 Å². The maximum absolute atomic E-state index is 12.1. The standard InChI is InChI=1S/C16H17N5OS2/c1-11(12-6-3-2-4-7-12)18-14(22)10-24-16-20-19-15(21(16)17)13-8-5-9-23-13/h2-9,11H,10,17H2,1H3,(H,18,22). The van der Waals surface area contributed by atoms with Gasteiger partial charge in [0.15, 0.2) is 5.82 Å². The summed E-state index contributed by atoms with van der Waals surface area (Å²) in [7, 11) is 0. The topological polar surface area (TPSA) is 85.8 Å². The number of rotatable bonds is 6. The van der Waals surface area contributed by atoms with E-state index < -0.39 is 0 Å². The van der Waals surface area contributed by atoms with Crippen LogP contribution in [-0.4, -0.2) is 26.5 Å². The summed E-state index contributed by atoms with van der Waals surface area (Å²) in [5.74, 6) is 6.78. The van der Waals surface area contributed by atoms with Gasteiger partial charge >= 0.3 is 0 Å². The molecular formula is C16H17N5OS2. The molecule has 0 saturated heterocycles. The van der Waals surface area contributed by atoms with Gasteiger partial charge in [-0.15, -0.1) is 21.5 Å². The number of amides is 1. The van der Waals surface area contributed by atoms with Crippen LogP contribution in [0.2, 0.25) is 0 Å². The number of nitrogen functional groups attached to an aromatic ring is 1. The first-order chi connectivity index (χ1) is 11.6. The summed E-state index contributed by atoms with van der Waals surface area (Å²) in [5, 5.41) is 13.6. The van der Waals surface area contributed by atoms with E-state index in [-0.39, 0.29) is 17.7 Å². The molecule has 0 radical (unpaired) electrons. The van der Waals surface area contributed by atoms with Crippen molar-refractivity contribution in [2.75, 3.05) is 11.6 Å². The number of hydrogen-bond donors (Lipinski definition) is 2. The summed E-state index contributed by atoms with van der Waals surface area (Å²) in [6, 6.07) is 13.7. The molecular weight excluding hydrogens is 342 g/mol. The quantitative estimate of drug-likeness (QED) is 0.522. The highest BCUT2D eigenvalue weighted by Gasteiger charge is 2.15. The zero-order valence-corrected chi connectivity index (χ0v) is 14.7. The van der Waals surface area contributed by atoms with Gasteiger partial charge in [-0.3, -0.25) is 4.79 Å². The SMILES string of the molecule is CC(NC(=O)CSc1nnc(-c2cccs2)n1N)c1ccccc1. The van der Waals surface area contributed by atoms with E-state index in [4.69, 9.17) is 5.84 Å². The number of nitrogens with one attached hydrogen (secondary N) is 1.